The Morgan fingerprint density at radius 1 is 1.75 bits per heavy atom. The molecular formula is C4H8N2O2. The Morgan fingerprint density at radius 2 is 2.25 bits per heavy atom. The van der Waals surface area contributed by atoms with Gasteiger partial charge in [0.1, 0.15) is 0 Å². The number of carbonyl (C=O) groups is 1. The van der Waals surface area contributed by atoms with Gasteiger partial charge in [-0.1, -0.05) is 0 Å². The number of carboxylic acid groups (broad SMARTS) is 1. The zero-order valence-electron chi connectivity index (χ0n) is 4.83. The van der Waals surface area contributed by atoms with Crippen molar-refractivity contribution < 1.29 is 9.90 Å². The Morgan fingerprint density at radius 3 is 2.38 bits per heavy atom. The molecule has 0 aliphatic carbocycles. The molecule has 0 atom stereocenters. The van der Waals surface area contributed by atoms with Gasteiger partial charge in [0.15, 0.2) is 0 Å². The Labute approximate surface area is 47.4 Å². The fourth-order valence-corrected chi connectivity index (χ4v) is 0.165. The van der Waals surface area contributed by atoms with Crippen molar-refractivity contribution >= 4 is 12.4 Å². The number of nitrogens with zero attached hydrogens (tertiary/aromatic N) is 2. The fraction of sp³-hybridized carbons (Fsp3) is 0.500. The molecule has 0 aromatic carbocycles. The van der Waals surface area contributed by atoms with E-state index in [2.05, 4.69) is 4.99 Å². The third-order valence-corrected chi connectivity index (χ3v) is 0.399. The van der Waals surface area contributed by atoms with Gasteiger partial charge in [0.2, 0.25) is 0 Å². The first kappa shape index (κ1) is 6.94. The molecule has 46 valence electrons. The maximum absolute atomic E-state index is 9.68. The highest BCUT2D eigenvalue weighted by molar-refractivity contribution is 5.76. The molecule has 1 N–H and O–H groups in total. The van der Waals surface area contributed by atoms with Crippen LogP contribution in [0.1, 0.15) is 0 Å². The second-order valence-corrected chi connectivity index (χ2v) is 1.49. The molecule has 0 fully saturated rings. The van der Waals surface area contributed by atoms with Crippen LogP contribution in [0, 0.1) is 0 Å². The van der Waals surface area contributed by atoms with Crippen molar-refractivity contribution in [2.75, 3.05) is 14.1 Å². The summed E-state index contributed by atoms with van der Waals surface area (Å²) in [7, 11) is 3.40. The SMILES string of the molecule is CN(C)/C=N/C(=O)O. The van der Waals surface area contributed by atoms with Gasteiger partial charge < -0.3 is 10.0 Å². The molecule has 0 saturated heterocycles. The molecule has 0 radical (unpaired) electrons. The average molecular weight is 116 g/mol. The van der Waals surface area contributed by atoms with Gasteiger partial charge in [-0.25, -0.2) is 4.79 Å². The highest BCUT2D eigenvalue weighted by Gasteiger charge is 1.83. The summed E-state index contributed by atoms with van der Waals surface area (Å²) >= 11 is 0. The molecule has 4 heteroatoms. The van der Waals surface area contributed by atoms with E-state index in [0.717, 1.165) is 0 Å². The van der Waals surface area contributed by atoms with E-state index in [4.69, 9.17) is 5.11 Å². The molecule has 0 bridgehead atoms. The molecule has 0 saturated carbocycles. The van der Waals surface area contributed by atoms with E-state index in [9.17, 15) is 4.79 Å². The lowest BCUT2D eigenvalue weighted by atomic mass is 10.9. The van der Waals surface area contributed by atoms with Crippen LogP contribution in [0.25, 0.3) is 0 Å². The van der Waals surface area contributed by atoms with Crippen LogP contribution in [0.2, 0.25) is 0 Å². The van der Waals surface area contributed by atoms with Crippen LogP contribution in [0.5, 0.6) is 0 Å². The van der Waals surface area contributed by atoms with E-state index in [0.29, 0.717) is 0 Å². The Hall–Kier alpha value is -1.06. The van der Waals surface area contributed by atoms with Gasteiger partial charge in [0, 0.05) is 14.1 Å². The van der Waals surface area contributed by atoms with Gasteiger partial charge in [-0.05, 0) is 0 Å². The van der Waals surface area contributed by atoms with Gasteiger partial charge in [0.05, 0.1) is 6.34 Å². The number of amides is 1. The van der Waals surface area contributed by atoms with Crippen LogP contribution in [0.3, 0.4) is 0 Å². The van der Waals surface area contributed by atoms with Crippen LogP contribution in [-0.4, -0.2) is 36.5 Å². The van der Waals surface area contributed by atoms with E-state index >= 15 is 0 Å². The Bertz CT molecular complexity index is 109. The van der Waals surface area contributed by atoms with Crippen LogP contribution in [-0.2, 0) is 0 Å². The second-order valence-electron chi connectivity index (χ2n) is 1.49. The standard InChI is InChI=1S/C4H8N2O2/c1-6(2)3-5-4(7)8/h3H,1-2H3,(H,7,8)/b5-3+. The van der Waals surface area contributed by atoms with Crippen molar-refractivity contribution in [3.63, 3.8) is 0 Å². The van der Waals surface area contributed by atoms with Crippen LogP contribution < -0.4 is 0 Å². The minimum Gasteiger partial charge on any atom is -0.463 e. The lowest BCUT2D eigenvalue weighted by Crippen LogP contribution is -2.08. The predicted octanol–water partition coefficient (Wildman–Crippen LogP) is 0.254. The highest BCUT2D eigenvalue weighted by Crippen LogP contribution is 1.69. The lowest BCUT2D eigenvalue weighted by Gasteiger charge is -1.98. The number of hydrogen-bond donors (Lipinski definition) is 1. The number of aliphatic imine (C=N–C) groups is 1. The second kappa shape index (κ2) is 3.01. The third-order valence-electron chi connectivity index (χ3n) is 0.399. The van der Waals surface area contributed by atoms with Crippen molar-refractivity contribution in [3.8, 4) is 0 Å². The Balaban J connectivity index is 3.50. The van der Waals surface area contributed by atoms with Crippen molar-refractivity contribution in [1.29, 1.82) is 0 Å². The molecule has 0 unspecified atom stereocenters. The first-order chi connectivity index (χ1) is 3.63. The molecule has 0 spiro atoms. The quantitative estimate of drug-likeness (QED) is 0.394. The van der Waals surface area contributed by atoms with Gasteiger partial charge in [-0.2, -0.15) is 4.99 Å². The Kier molecular flexibility index (Phi) is 2.61. The maximum atomic E-state index is 9.68. The fourth-order valence-electron chi connectivity index (χ4n) is 0.165. The zero-order valence-corrected chi connectivity index (χ0v) is 4.83. The van der Waals surface area contributed by atoms with Crippen LogP contribution in [0.15, 0.2) is 4.99 Å². The van der Waals surface area contributed by atoms with E-state index in [-0.39, 0.29) is 0 Å². The summed E-state index contributed by atoms with van der Waals surface area (Å²) in [4.78, 5) is 14.3. The molecular weight excluding hydrogens is 108 g/mol. The molecule has 0 heterocycles. The number of hydrogen-bond acceptors (Lipinski definition) is 1. The van der Waals surface area contributed by atoms with Crippen LogP contribution >= 0.6 is 0 Å². The summed E-state index contributed by atoms with van der Waals surface area (Å²) in [6.45, 7) is 0. The van der Waals surface area contributed by atoms with E-state index < -0.39 is 6.09 Å². The van der Waals surface area contributed by atoms with Gasteiger partial charge in [-0.3, -0.25) is 0 Å². The van der Waals surface area contributed by atoms with Crippen molar-refractivity contribution in [1.82, 2.24) is 4.90 Å². The summed E-state index contributed by atoms with van der Waals surface area (Å²) in [5, 5.41) is 7.94. The number of rotatable bonds is 1. The third kappa shape index (κ3) is 4.94. The molecule has 0 aliphatic heterocycles. The first-order valence-electron chi connectivity index (χ1n) is 2.06. The first-order valence-corrected chi connectivity index (χ1v) is 2.06. The minimum atomic E-state index is -1.17. The minimum absolute atomic E-state index is 1.17. The molecule has 1 amide bonds. The van der Waals surface area contributed by atoms with E-state index in [1.165, 1.54) is 6.34 Å². The smallest absolute Gasteiger partial charge is 0.432 e. The molecule has 8 heavy (non-hydrogen) atoms. The largest absolute Gasteiger partial charge is 0.463 e. The molecule has 0 aliphatic rings. The predicted molar refractivity (Wildman–Crippen MR) is 30.2 cm³/mol. The van der Waals surface area contributed by atoms with Crippen molar-refractivity contribution in [3.05, 3.63) is 0 Å². The van der Waals surface area contributed by atoms with E-state index in [1.807, 2.05) is 0 Å². The summed E-state index contributed by atoms with van der Waals surface area (Å²) in [5.41, 5.74) is 0. The summed E-state index contributed by atoms with van der Waals surface area (Å²) in [6, 6.07) is 0. The monoisotopic (exact) mass is 116 g/mol. The highest BCUT2D eigenvalue weighted by atomic mass is 16.4. The van der Waals surface area contributed by atoms with Gasteiger partial charge in [0.25, 0.3) is 0 Å². The average Bonchev–Trinajstić information content (AvgIpc) is 1.61. The molecule has 0 aromatic heterocycles. The molecule has 0 aromatic rings. The summed E-state index contributed by atoms with van der Waals surface area (Å²) < 4.78 is 0. The van der Waals surface area contributed by atoms with Crippen LogP contribution in [0.4, 0.5) is 4.79 Å². The van der Waals surface area contributed by atoms with Gasteiger partial charge in [-0.15, -0.1) is 0 Å². The normalized spacial score (nSPS) is 9.75. The molecule has 4 nitrogen and oxygen atoms in total. The topological polar surface area (TPSA) is 52.9 Å². The molecule has 0 rings (SSSR count). The van der Waals surface area contributed by atoms with Crippen molar-refractivity contribution in [2.24, 2.45) is 4.99 Å². The van der Waals surface area contributed by atoms with Crippen molar-refractivity contribution in [2.45, 2.75) is 0 Å². The van der Waals surface area contributed by atoms with Gasteiger partial charge >= 0.3 is 6.09 Å². The maximum Gasteiger partial charge on any atom is 0.432 e. The zero-order chi connectivity index (χ0) is 6.57. The summed E-state index contributed by atoms with van der Waals surface area (Å²) in [6.07, 6.45) is 0.0567. The summed E-state index contributed by atoms with van der Waals surface area (Å²) in [5.74, 6) is 0. The van der Waals surface area contributed by atoms with E-state index in [1.54, 1.807) is 19.0 Å². The lowest BCUT2D eigenvalue weighted by molar-refractivity contribution is 0.205.